The molecule has 2 rings (SSSR count). The van der Waals surface area contributed by atoms with Gasteiger partial charge in [0.1, 0.15) is 11.5 Å². The lowest BCUT2D eigenvalue weighted by Crippen LogP contribution is -2.13. The summed E-state index contributed by atoms with van der Waals surface area (Å²) in [6.07, 6.45) is 0. The van der Waals surface area contributed by atoms with Crippen molar-refractivity contribution in [1.82, 2.24) is 0 Å². The third-order valence-electron chi connectivity index (χ3n) is 2.55. The van der Waals surface area contributed by atoms with E-state index in [1.54, 1.807) is 18.2 Å². The van der Waals surface area contributed by atoms with E-state index in [2.05, 4.69) is 5.16 Å². The number of benzene rings is 2. The van der Waals surface area contributed by atoms with E-state index >= 15 is 0 Å². The molecular weight excluding hydrogens is 264 g/mol. The molecule has 19 heavy (non-hydrogen) atoms. The summed E-state index contributed by atoms with van der Waals surface area (Å²) < 4.78 is 5.68. The van der Waals surface area contributed by atoms with E-state index in [4.69, 9.17) is 27.3 Å². The molecule has 5 heteroatoms. The SMILES string of the molecule is Cc1cccc(Oc2ccc(C(N)=NO)c(Cl)c2)c1. The zero-order chi connectivity index (χ0) is 13.8. The molecular formula is C14H13ClN2O2. The first kappa shape index (κ1) is 13.2. The topological polar surface area (TPSA) is 67.8 Å². The number of aryl methyl sites for hydroxylation is 1. The second kappa shape index (κ2) is 5.63. The van der Waals surface area contributed by atoms with E-state index in [9.17, 15) is 0 Å². The van der Waals surface area contributed by atoms with Gasteiger partial charge in [0.15, 0.2) is 5.84 Å². The standard InChI is InChI=1S/C14H13ClN2O2/c1-9-3-2-4-10(7-9)19-11-5-6-12(13(15)8-11)14(16)17-18/h2-8,18H,1H3,(H2,16,17). The van der Waals surface area contributed by atoms with Crippen molar-refractivity contribution in [2.24, 2.45) is 10.9 Å². The maximum absolute atomic E-state index is 8.62. The van der Waals surface area contributed by atoms with E-state index in [-0.39, 0.29) is 5.84 Å². The lowest BCUT2D eigenvalue weighted by atomic mass is 10.2. The summed E-state index contributed by atoms with van der Waals surface area (Å²) in [7, 11) is 0. The van der Waals surface area contributed by atoms with Crippen molar-refractivity contribution in [3.63, 3.8) is 0 Å². The second-order valence-corrected chi connectivity index (χ2v) is 4.45. The van der Waals surface area contributed by atoms with Crippen molar-refractivity contribution in [2.45, 2.75) is 6.92 Å². The summed E-state index contributed by atoms with van der Waals surface area (Å²) in [6, 6.07) is 12.7. The average molecular weight is 277 g/mol. The van der Waals surface area contributed by atoms with E-state index in [1.807, 2.05) is 31.2 Å². The molecule has 3 N–H and O–H groups in total. The Balaban J connectivity index is 2.26. The number of halogens is 1. The number of rotatable bonds is 3. The minimum atomic E-state index is -0.0351. The molecule has 0 fully saturated rings. The summed E-state index contributed by atoms with van der Waals surface area (Å²) in [5, 5.41) is 11.9. The minimum absolute atomic E-state index is 0.0351. The fourth-order valence-electron chi connectivity index (χ4n) is 1.64. The molecule has 4 nitrogen and oxygen atoms in total. The number of nitrogens with zero attached hydrogens (tertiary/aromatic N) is 1. The van der Waals surface area contributed by atoms with E-state index < -0.39 is 0 Å². The van der Waals surface area contributed by atoms with Gasteiger partial charge >= 0.3 is 0 Å². The number of hydrogen-bond acceptors (Lipinski definition) is 3. The van der Waals surface area contributed by atoms with Gasteiger partial charge in [-0.05, 0) is 36.8 Å². The molecule has 0 heterocycles. The largest absolute Gasteiger partial charge is 0.457 e. The van der Waals surface area contributed by atoms with Crippen molar-refractivity contribution in [3.8, 4) is 11.5 Å². The van der Waals surface area contributed by atoms with Crippen molar-refractivity contribution in [3.05, 3.63) is 58.6 Å². The first-order chi connectivity index (χ1) is 9.10. The first-order valence-electron chi connectivity index (χ1n) is 5.62. The van der Waals surface area contributed by atoms with Gasteiger partial charge in [0.05, 0.1) is 5.02 Å². The van der Waals surface area contributed by atoms with Gasteiger partial charge in [-0.1, -0.05) is 28.9 Å². The third kappa shape index (κ3) is 3.17. The molecule has 0 aliphatic rings. The predicted octanol–water partition coefficient (Wildman–Crippen LogP) is 3.54. The summed E-state index contributed by atoms with van der Waals surface area (Å²) in [6.45, 7) is 1.99. The number of amidine groups is 1. The maximum Gasteiger partial charge on any atom is 0.171 e. The maximum atomic E-state index is 8.62. The molecule has 0 amide bonds. The highest BCUT2D eigenvalue weighted by Gasteiger charge is 2.07. The van der Waals surface area contributed by atoms with Crippen LogP contribution >= 0.6 is 11.6 Å². The van der Waals surface area contributed by atoms with Gasteiger partial charge in [0.25, 0.3) is 0 Å². The Hall–Kier alpha value is -2.20. The van der Waals surface area contributed by atoms with Gasteiger partial charge in [-0.25, -0.2) is 0 Å². The van der Waals surface area contributed by atoms with Crippen molar-refractivity contribution in [2.75, 3.05) is 0 Å². The summed E-state index contributed by atoms with van der Waals surface area (Å²) in [5.41, 5.74) is 7.06. The Kier molecular flexibility index (Phi) is 3.92. The smallest absolute Gasteiger partial charge is 0.171 e. The molecule has 0 spiro atoms. The second-order valence-electron chi connectivity index (χ2n) is 4.05. The van der Waals surface area contributed by atoms with Crippen LogP contribution in [-0.2, 0) is 0 Å². The van der Waals surface area contributed by atoms with Crippen LogP contribution in [0.15, 0.2) is 47.6 Å². The van der Waals surface area contributed by atoms with Crippen LogP contribution in [0.5, 0.6) is 11.5 Å². The Morgan fingerprint density at radius 2 is 1.95 bits per heavy atom. The van der Waals surface area contributed by atoms with Crippen molar-refractivity contribution < 1.29 is 9.94 Å². The normalized spacial score (nSPS) is 11.4. The molecule has 0 aliphatic heterocycles. The Morgan fingerprint density at radius 1 is 1.21 bits per heavy atom. The summed E-state index contributed by atoms with van der Waals surface area (Å²) >= 11 is 6.05. The van der Waals surface area contributed by atoms with Gasteiger partial charge in [-0.3, -0.25) is 0 Å². The number of hydrogen-bond donors (Lipinski definition) is 2. The molecule has 0 bridgehead atoms. The molecule has 98 valence electrons. The fourth-order valence-corrected chi connectivity index (χ4v) is 1.90. The van der Waals surface area contributed by atoms with Gasteiger partial charge in [0.2, 0.25) is 0 Å². The molecule has 2 aromatic rings. The van der Waals surface area contributed by atoms with Crippen LogP contribution in [0.4, 0.5) is 0 Å². The van der Waals surface area contributed by atoms with Crippen LogP contribution in [0.2, 0.25) is 5.02 Å². The average Bonchev–Trinajstić information content (AvgIpc) is 2.38. The lowest BCUT2D eigenvalue weighted by molar-refractivity contribution is 0.318. The van der Waals surface area contributed by atoms with Gasteiger partial charge in [0, 0.05) is 11.6 Å². The van der Waals surface area contributed by atoms with E-state index in [1.165, 1.54) is 0 Å². The molecule has 0 aromatic heterocycles. The van der Waals surface area contributed by atoms with E-state index in [0.29, 0.717) is 16.3 Å². The first-order valence-corrected chi connectivity index (χ1v) is 6.00. The highest BCUT2D eigenvalue weighted by atomic mass is 35.5. The number of oxime groups is 1. The molecule has 0 saturated heterocycles. The number of ether oxygens (including phenoxy) is 1. The molecule has 0 unspecified atom stereocenters. The van der Waals surface area contributed by atoms with Crippen LogP contribution in [0.3, 0.4) is 0 Å². The highest BCUT2D eigenvalue weighted by Crippen LogP contribution is 2.27. The van der Waals surface area contributed by atoms with Crippen LogP contribution < -0.4 is 10.5 Å². The van der Waals surface area contributed by atoms with Crippen molar-refractivity contribution >= 4 is 17.4 Å². The van der Waals surface area contributed by atoms with Crippen LogP contribution in [0.1, 0.15) is 11.1 Å². The third-order valence-corrected chi connectivity index (χ3v) is 2.86. The Labute approximate surface area is 116 Å². The molecule has 0 radical (unpaired) electrons. The Morgan fingerprint density at radius 3 is 2.58 bits per heavy atom. The van der Waals surface area contributed by atoms with Crippen LogP contribution in [-0.4, -0.2) is 11.0 Å². The summed E-state index contributed by atoms with van der Waals surface area (Å²) in [4.78, 5) is 0. The molecule has 0 aliphatic carbocycles. The highest BCUT2D eigenvalue weighted by molar-refractivity contribution is 6.34. The summed E-state index contributed by atoms with van der Waals surface area (Å²) in [5.74, 6) is 1.28. The Bertz CT molecular complexity index is 627. The molecule has 0 saturated carbocycles. The van der Waals surface area contributed by atoms with Crippen LogP contribution in [0, 0.1) is 6.92 Å². The minimum Gasteiger partial charge on any atom is -0.457 e. The molecule has 0 atom stereocenters. The fraction of sp³-hybridized carbons (Fsp3) is 0.0714. The van der Waals surface area contributed by atoms with Gasteiger partial charge in [-0.15, -0.1) is 0 Å². The zero-order valence-electron chi connectivity index (χ0n) is 10.3. The quantitative estimate of drug-likeness (QED) is 0.390. The van der Waals surface area contributed by atoms with Gasteiger partial charge in [-0.2, -0.15) is 0 Å². The van der Waals surface area contributed by atoms with E-state index in [0.717, 1.165) is 11.3 Å². The molecule has 2 aromatic carbocycles. The monoisotopic (exact) mass is 276 g/mol. The van der Waals surface area contributed by atoms with Crippen molar-refractivity contribution in [1.29, 1.82) is 0 Å². The number of nitrogens with two attached hydrogens (primary N) is 1. The van der Waals surface area contributed by atoms with Crippen LogP contribution in [0.25, 0.3) is 0 Å². The lowest BCUT2D eigenvalue weighted by Gasteiger charge is -2.08. The predicted molar refractivity (Wildman–Crippen MR) is 75.2 cm³/mol. The van der Waals surface area contributed by atoms with Gasteiger partial charge < -0.3 is 15.7 Å². The zero-order valence-corrected chi connectivity index (χ0v) is 11.1.